The van der Waals surface area contributed by atoms with Gasteiger partial charge in [-0.05, 0) is 26.2 Å². The van der Waals surface area contributed by atoms with Crippen LogP contribution in [-0.4, -0.2) is 70.1 Å². The monoisotopic (exact) mass is 331 g/mol. The van der Waals surface area contributed by atoms with E-state index in [0.717, 1.165) is 6.26 Å². The van der Waals surface area contributed by atoms with Gasteiger partial charge in [0.25, 0.3) is 5.91 Å². The van der Waals surface area contributed by atoms with Crippen LogP contribution in [0.2, 0.25) is 0 Å². The molecule has 124 valence electrons. The zero-order chi connectivity index (χ0) is 16.8. The second-order valence-electron chi connectivity index (χ2n) is 5.20. The average Bonchev–Trinajstić information content (AvgIpc) is 2.41. The Morgan fingerprint density at radius 3 is 2.36 bits per heavy atom. The van der Waals surface area contributed by atoms with Crippen LogP contribution in [0, 0.1) is 5.82 Å². The third kappa shape index (κ3) is 6.08. The molecule has 0 radical (unpaired) electrons. The zero-order valence-corrected chi connectivity index (χ0v) is 13.9. The van der Waals surface area contributed by atoms with Crippen LogP contribution in [-0.2, 0) is 10.0 Å². The van der Waals surface area contributed by atoms with E-state index in [1.165, 1.54) is 22.5 Å². The molecule has 0 spiro atoms. The third-order valence-corrected chi connectivity index (χ3v) is 4.33. The number of halogens is 1. The maximum atomic E-state index is 13.5. The van der Waals surface area contributed by atoms with Crippen molar-refractivity contribution in [1.29, 1.82) is 0 Å². The number of sulfonamides is 1. The van der Waals surface area contributed by atoms with E-state index in [1.54, 1.807) is 6.07 Å². The summed E-state index contributed by atoms with van der Waals surface area (Å²) in [6.45, 7) is 1.18. The van der Waals surface area contributed by atoms with Gasteiger partial charge < -0.3 is 10.2 Å². The number of hydrogen-bond acceptors (Lipinski definition) is 4. The van der Waals surface area contributed by atoms with Gasteiger partial charge in [-0.1, -0.05) is 12.1 Å². The largest absolute Gasteiger partial charge is 0.351 e. The van der Waals surface area contributed by atoms with Gasteiger partial charge in [0.05, 0.1) is 11.8 Å². The van der Waals surface area contributed by atoms with Crippen molar-refractivity contribution in [3.63, 3.8) is 0 Å². The van der Waals surface area contributed by atoms with Gasteiger partial charge in [-0.2, -0.15) is 4.31 Å². The molecule has 1 amide bonds. The average molecular weight is 331 g/mol. The molecule has 0 atom stereocenters. The van der Waals surface area contributed by atoms with Crippen molar-refractivity contribution >= 4 is 15.9 Å². The molecule has 0 unspecified atom stereocenters. The fourth-order valence-corrected chi connectivity index (χ4v) is 2.63. The van der Waals surface area contributed by atoms with Gasteiger partial charge in [0.15, 0.2) is 0 Å². The molecule has 0 saturated heterocycles. The Bertz CT molecular complexity index is 605. The van der Waals surface area contributed by atoms with Gasteiger partial charge in [-0.15, -0.1) is 0 Å². The van der Waals surface area contributed by atoms with E-state index < -0.39 is 21.7 Å². The fraction of sp³-hybridized carbons (Fsp3) is 0.500. The summed E-state index contributed by atoms with van der Waals surface area (Å²) in [5.41, 5.74) is -0.0540. The van der Waals surface area contributed by atoms with Crippen LogP contribution in [0.3, 0.4) is 0 Å². The van der Waals surface area contributed by atoms with E-state index in [9.17, 15) is 17.6 Å². The van der Waals surface area contributed by atoms with E-state index >= 15 is 0 Å². The van der Waals surface area contributed by atoms with Crippen molar-refractivity contribution in [2.24, 2.45) is 0 Å². The lowest BCUT2D eigenvalue weighted by molar-refractivity contribution is 0.0947. The summed E-state index contributed by atoms with van der Waals surface area (Å²) >= 11 is 0. The van der Waals surface area contributed by atoms with Crippen LogP contribution in [0.5, 0.6) is 0 Å². The first kappa shape index (κ1) is 18.5. The Morgan fingerprint density at radius 1 is 1.18 bits per heavy atom. The molecule has 0 bridgehead atoms. The second-order valence-corrected chi connectivity index (χ2v) is 7.18. The Balaban J connectivity index is 2.56. The number of nitrogens with zero attached hydrogens (tertiary/aromatic N) is 2. The summed E-state index contributed by atoms with van der Waals surface area (Å²) in [7, 11) is 0.345. The molecule has 0 aliphatic carbocycles. The number of amides is 1. The van der Waals surface area contributed by atoms with Crippen molar-refractivity contribution in [2.45, 2.75) is 0 Å². The summed E-state index contributed by atoms with van der Waals surface area (Å²) in [6.07, 6.45) is 1.13. The van der Waals surface area contributed by atoms with Crippen molar-refractivity contribution in [3.8, 4) is 0 Å². The minimum atomic E-state index is -3.35. The number of rotatable bonds is 8. The van der Waals surface area contributed by atoms with Crippen molar-refractivity contribution in [2.75, 3.05) is 46.5 Å². The summed E-state index contributed by atoms with van der Waals surface area (Å²) in [5.74, 6) is -1.16. The first-order valence-corrected chi connectivity index (χ1v) is 8.69. The minimum absolute atomic E-state index is 0.0540. The molecule has 0 heterocycles. The lowest BCUT2D eigenvalue weighted by Gasteiger charge is -2.22. The predicted octanol–water partition coefficient (Wildman–Crippen LogP) is 0.379. The number of carbonyl (C=O) groups is 1. The molecule has 0 saturated carbocycles. The quantitative estimate of drug-likeness (QED) is 0.748. The Kier molecular flexibility index (Phi) is 6.92. The van der Waals surface area contributed by atoms with E-state index in [0.29, 0.717) is 13.1 Å². The molecule has 0 aliphatic heterocycles. The third-order valence-electron chi connectivity index (χ3n) is 3.03. The summed E-state index contributed by atoms with van der Waals surface area (Å²) in [6, 6.07) is 5.65. The molecule has 0 aromatic heterocycles. The van der Waals surface area contributed by atoms with Gasteiger partial charge in [-0.3, -0.25) is 4.79 Å². The van der Waals surface area contributed by atoms with Crippen LogP contribution < -0.4 is 5.32 Å². The second kappa shape index (κ2) is 8.21. The number of likely N-dealkylation sites (N-methyl/N-ethyl adjacent to an activating group) is 1. The van der Waals surface area contributed by atoms with E-state index in [4.69, 9.17) is 0 Å². The number of nitrogens with one attached hydrogen (secondary N) is 1. The molecular weight excluding hydrogens is 309 g/mol. The van der Waals surface area contributed by atoms with Crippen LogP contribution >= 0.6 is 0 Å². The molecule has 0 aliphatic rings. The molecule has 22 heavy (non-hydrogen) atoms. The highest BCUT2D eigenvalue weighted by molar-refractivity contribution is 7.88. The first-order valence-electron chi connectivity index (χ1n) is 6.84. The van der Waals surface area contributed by atoms with Crippen molar-refractivity contribution in [3.05, 3.63) is 35.6 Å². The molecule has 8 heteroatoms. The maximum Gasteiger partial charge on any atom is 0.254 e. The fourth-order valence-electron chi connectivity index (χ4n) is 1.79. The summed E-state index contributed by atoms with van der Waals surface area (Å²) in [4.78, 5) is 13.7. The molecule has 0 fully saturated rings. The number of hydrogen-bond donors (Lipinski definition) is 1. The normalized spacial score (nSPS) is 11.9. The lowest BCUT2D eigenvalue weighted by Crippen LogP contribution is -2.41. The standard InChI is InChI=1S/C14H22FN3O3S/c1-17(2)10-11-18(22(3,20)21)9-8-16-14(19)12-6-4-5-7-13(12)15/h4-7H,8-11H2,1-3H3,(H,16,19). The van der Waals surface area contributed by atoms with Crippen LogP contribution in [0.25, 0.3) is 0 Å². The molecular formula is C14H22FN3O3S. The maximum absolute atomic E-state index is 13.5. The van der Waals surface area contributed by atoms with E-state index in [2.05, 4.69) is 5.32 Å². The Morgan fingerprint density at radius 2 is 1.82 bits per heavy atom. The van der Waals surface area contributed by atoms with Gasteiger partial charge >= 0.3 is 0 Å². The first-order chi connectivity index (χ1) is 10.2. The number of carbonyl (C=O) groups excluding carboxylic acids is 1. The van der Waals surface area contributed by atoms with Crippen LogP contribution in [0.4, 0.5) is 4.39 Å². The minimum Gasteiger partial charge on any atom is -0.351 e. The zero-order valence-electron chi connectivity index (χ0n) is 13.0. The molecule has 1 aromatic carbocycles. The highest BCUT2D eigenvalue weighted by Crippen LogP contribution is 2.05. The summed E-state index contributed by atoms with van der Waals surface area (Å²) in [5, 5.41) is 2.53. The SMILES string of the molecule is CN(C)CCN(CCNC(=O)c1ccccc1F)S(C)(=O)=O. The Labute approximate surface area is 131 Å². The van der Waals surface area contributed by atoms with Gasteiger partial charge in [0.1, 0.15) is 5.82 Å². The van der Waals surface area contributed by atoms with E-state index in [-0.39, 0.29) is 18.7 Å². The molecule has 1 aromatic rings. The van der Waals surface area contributed by atoms with Crippen LogP contribution in [0.1, 0.15) is 10.4 Å². The van der Waals surface area contributed by atoms with Crippen molar-refractivity contribution in [1.82, 2.24) is 14.5 Å². The highest BCUT2D eigenvalue weighted by Gasteiger charge is 2.17. The molecule has 1 rings (SSSR count). The van der Waals surface area contributed by atoms with Gasteiger partial charge in [-0.25, -0.2) is 12.8 Å². The number of benzene rings is 1. The van der Waals surface area contributed by atoms with Gasteiger partial charge in [0.2, 0.25) is 10.0 Å². The smallest absolute Gasteiger partial charge is 0.254 e. The molecule has 1 N–H and O–H groups in total. The topological polar surface area (TPSA) is 69.7 Å². The molecule has 6 nitrogen and oxygen atoms in total. The van der Waals surface area contributed by atoms with Crippen LogP contribution in [0.15, 0.2) is 24.3 Å². The highest BCUT2D eigenvalue weighted by atomic mass is 32.2. The van der Waals surface area contributed by atoms with Crippen molar-refractivity contribution < 1.29 is 17.6 Å². The van der Waals surface area contributed by atoms with Gasteiger partial charge in [0, 0.05) is 26.2 Å². The lowest BCUT2D eigenvalue weighted by atomic mass is 10.2. The Hall–Kier alpha value is -1.51. The predicted molar refractivity (Wildman–Crippen MR) is 83.7 cm³/mol. The summed E-state index contributed by atoms with van der Waals surface area (Å²) < 4.78 is 38.1. The van der Waals surface area contributed by atoms with E-state index in [1.807, 2.05) is 19.0 Å².